The lowest BCUT2D eigenvalue weighted by Crippen LogP contribution is -2.31. The van der Waals surface area contributed by atoms with E-state index in [1.54, 1.807) is 13.3 Å². The molecule has 86 valence electrons. The minimum absolute atomic E-state index is 0.508. The maximum Gasteiger partial charge on any atom is 0.186 e. The van der Waals surface area contributed by atoms with Crippen molar-refractivity contribution in [3.63, 3.8) is 0 Å². The van der Waals surface area contributed by atoms with Gasteiger partial charge in [0.15, 0.2) is 5.11 Å². The van der Waals surface area contributed by atoms with Crippen molar-refractivity contribution in [1.82, 2.24) is 10.7 Å². The van der Waals surface area contributed by atoms with Gasteiger partial charge in [0.1, 0.15) is 5.75 Å². The first kappa shape index (κ1) is 12.4. The normalized spacial score (nSPS) is 10.1. The Morgan fingerprint density at radius 2 is 2.25 bits per heavy atom. The molecular formula is C11H15N3OS. The van der Waals surface area contributed by atoms with Crippen LogP contribution in [0.5, 0.6) is 5.75 Å². The van der Waals surface area contributed by atoms with Crippen LogP contribution in [0.15, 0.2) is 29.4 Å². The average Bonchev–Trinajstić information content (AvgIpc) is 2.30. The van der Waals surface area contributed by atoms with Crippen LogP contribution in [0.2, 0.25) is 0 Å². The summed E-state index contributed by atoms with van der Waals surface area (Å²) in [6.07, 6.45) is 1.67. The van der Waals surface area contributed by atoms with Crippen LogP contribution < -0.4 is 15.5 Å². The SMILES string of the molecule is CCNC(=S)N/N=C/c1ccccc1OC. The molecule has 5 heteroatoms. The van der Waals surface area contributed by atoms with E-state index in [2.05, 4.69) is 15.8 Å². The number of nitrogens with zero attached hydrogens (tertiary/aromatic N) is 1. The summed E-state index contributed by atoms with van der Waals surface area (Å²) in [4.78, 5) is 0. The van der Waals surface area contributed by atoms with Crippen LogP contribution in [0.25, 0.3) is 0 Å². The number of methoxy groups -OCH3 is 1. The summed E-state index contributed by atoms with van der Waals surface area (Å²) >= 11 is 4.96. The summed E-state index contributed by atoms with van der Waals surface area (Å²) in [5, 5.41) is 7.45. The van der Waals surface area contributed by atoms with Crippen LogP contribution in [0.1, 0.15) is 12.5 Å². The molecule has 4 nitrogen and oxygen atoms in total. The fraction of sp³-hybridized carbons (Fsp3) is 0.273. The van der Waals surface area contributed by atoms with Gasteiger partial charge in [-0.3, -0.25) is 5.43 Å². The molecule has 0 saturated heterocycles. The summed E-state index contributed by atoms with van der Waals surface area (Å²) < 4.78 is 5.18. The molecule has 2 N–H and O–H groups in total. The van der Waals surface area contributed by atoms with Crippen molar-refractivity contribution in [1.29, 1.82) is 0 Å². The summed E-state index contributed by atoms with van der Waals surface area (Å²) in [7, 11) is 1.63. The van der Waals surface area contributed by atoms with Crippen molar-refractivity contribution in [2.45, 2.75) is 6.92 Å². The van der Waals surface area contributed by atoms with E-state index < -0.39 is 0 Å². The molecular weight excluding hydrogens is 222 g/mol. The number of thiocarbonyl (C=S) groups is 1. The summed E-state index contributed by atoms with van der Waals surface area (Å²) in [6.45, 7) is 2.74. The van der Waals surface area contributed by atoms with Crippen LogP contribution in [0.3, 0.4) is 0 Å². The second-order valence-corrected chi connectivity index (χ2v) is 3.38. The van der Waals surface area contributed by atoms with E-state index in [4.69, 9.17) is 17.0 Å². The van der Waals surface area contributed by atoms with Gasteiger partial charge in [-0.05, 0) is 31.3 Å². The zero-order valence-corrected chi connectivity index (χ0v) is 10.2. The Labute approximate surface area is 101 Å². The zero-order valence-electron chi connectivity index (χ0n) is 9.36. The number of para-hydroxylation sites is 1. The predicted octanol–water partition coefficient (Wildman–Crippen LogP) is 1.51. The first-order valence-electron chi connectivity index (χ1n) is 4.97. The van der Waals surface area contributed by atoms with Gasteiger partial charge in [0.05, 0.1) is 13.3 Å². The number of hydrogen-bond donors (Lipinski definition) is 2. The molecule has 1 rings (SSSR count). The van der Waals surface area contributed by atoms with Gasteiger partial charge in [-0.25, -0.2) is 0 Å². The smallest absolute Gasteiger partial charge is 0.186 e. The van der Waals surface area contributed by atoms with E-state index in [0.717, 1.165) is 17.9 Å². The molecule has 0 radical (unpaired) electrons. The molecule has 0 bridgehead atoms. The van der Waals surface area contributed by atoms with Crippen LogP contribution in [-0.4, -0.2) is 25.0 Å². The number of nitrogens with one attached hydrogen (secondary N) is 2. The Kier molecular flexibility index (Phi) is 5.28. The third-order valence-corrected chi connectivity index (χ3v) is 2.08. The Balaban J connectivity index is 2.58. The Hall–Kier alpha value is -1.62. The summed E-state index contributed by atoms with van der Waals surface area (Å²) in [5.74, 6) is 0.780. The van der Waals surface area contributed by atoms with Gasteiger partial charge in [0.2, 0.25) is 0 Å². The molecule has 1 aromatic rings. The molecule has 0 aromatic heterocycles. The highest BCUT2D eigenvalue weighted by Gasteiger charge is 1.97. The molecule has 0 atom stereocenters. The Bertz CT molecular complexity index is 379. The lowest BCUT2D eigenvalue weighted by molar-refractivity contribution is 0.414. The number of hydrogen-bond acceptors (Lipinski definition) is 3. The van der Waals surface area contributed by atoms with E-state index in [1.165, 1.54) is 0 Å². The summed E-state index contributed by atoms with van der Waals surface area (Å²) in [6, 6.07) is 7.63. The quantitative estimate of drug-likeness (QED) is 0.473. The van der Waals surface area contributed by atoms with E-state index in [-0.39, 0.29) is 0 Å². The predicted molar refractivity (Wildman–Crippen MR) is 70.0 cm³/mol. The van der Waals surface area contributed by atoms with Crippen LogP contribution in [0, 0.1) is 0 Å². The van der Waals surface area contributed by atoms with E-state index in [9.17, 15) is 0 Å². The van der Waals surface area contributed by atoms with Crippen LogP contribution >= 0.6 is 12.2 Å². The second-order valence-electron chi connectivity index (χ2n) is 2.97. The number of ether oxygens (including phenoxy) is 1. The first-order valence-corrected chi connectivity index (χ1v) is 5.38. The monoisotopic (exact) mass is 237 g/mol. The van der Waals surface area contributed by atoms with Crippen molar-refractivity contribution in [2.24, 2.45) is 5.10 Å². The van der Waals surface area contributed by atoms with Crippen molar-refractivity contribution >= 4 is 23.5 Å². The molecule has 0 saturated carbocycles. The maximum absolute atomic E-state index is 5.18. The third-order valence-electron chi connectivity index (χ3n) is 1.85. The number of benzene rings is 1. The molecule has 0 amide bonds. The lowest BCUT2D eigenvalue weighted by Gasteiger charge is -2.04. The number of hydrazone groups is 1. The minimum atomic E-state index is 0.508. The van der Waals surface area contributed by atoms with Crippen molar-refractivity contribution < 1.29 is 4.74 Å². The molecule has 1 aromatic carbocycles. The molecule has 0 fully saturated rings. The molecule has 0 aliphatic carbocycles. The van der Waals surface area contributed by atoms with Crippen LogP contribution in [-0.2, 0) is 0 Å². The lowest BCUT2D eigenvalue weighted by atomic mass is 10.2. The second kappa shape index (κ2) is 6.79. The topological polar surface area (TPSA) is 45.7 Å². The van der Waals surface area contributed by atoms with Gasteiger partial charge in [-0.15, -0.1) is 0 Å². The molecule has 0 aliphatic rings. The molecule has 0 spiro atoms. The fourth-order valence-corrected chi connectivity index (χ4v) is 1.33. The van der Waals surface area contributed by atoms with Crippen molar-refractivity contribution in [2.75, 3.05) is 13.7 Å². The summed E-state index contributed by atoms with van der Waals surface area (Å²) in [5.41, 5.74) is 3.62. The van der Waals surface area contributed by atoms with Crippen molar-refractivity contribution in [3.05, 3.63) is 29.8 Å². The highest BCUT2D eigenvalue weighted by Crippen LogP contribution is 2.14. The molecule has 0 unspecified atom stereocenters. The highest BCUT2D eigenvalue weighted by molar-refractivity contribution is 7.80. The minimum Gasteiger partial charge on any atom is -0.496 e. The van der Waals surface area contributed by atoms with E-state index in [0.29, 0.717) is 5.11 Å². The molecule has 0 heterocycles. The molecule has 16 heavy (non-hydrogen) atoms. The average molecular weight is 237 g/mol. The highest BCUT2D eigenvalue weighted by atomic mass is 32.1. The van der Waals surface area contributed by atoms with E-state index in [1.807, 2.05) is 31.2 Å². The standard InChI is InChI=1S/C11H15N3OS/c1-3-12-11(16)14-13-8-9-6-4-5-7-10(9)15-2/h4-8H,3H2,1-2H3,(H2,12,14,16)/b13-8+. The van der Waals surface area contributed by atoms with E-state index >= 15 is 0 Å². The molecule has 0 aliphatic heterocycles. The van der Waals surface area contributed by atoms with Gasteiger partial charge >= 0.3 is 0 Å². The van der Waals surface area contributed by atoms with Gasteiger partial charge in [0.25, 0.3) is 0 Å². The third kappa shape index (κ3) is 3.86. The van der Waals surface area contributed by atoms with Gasteiger partial charge in [-0.2, -0.15) is 5.10 Å². The van der Waals surface area contributed by atoms with Gasteiger partial charge in [0, 0.05) is 12.1 Å². The zero-order chi connectivity index (χ0) is 11.8. The Morgan fingerprint density at radius 3 is 2.94 bits per heavy atom. The first-order chi connectivity index (χ1) is 7.77. The maximum atomic E-state index is 5.18. The van der Waals surface area contributed by atoms with Crippen molar-refractivity contribution in [3.8, 4) is 5.75 Å². The number of rotatable bonds is 4. The Morgan fingerprint density at radius 1 is 1.50 bits per heavy atom. The van der Waals surface area contributed by atoms with Gasteiger partial charge in [-0.1, -0.05) is 12.1 Å². The largest absolute Gasteiger partial charge is 0.496 e. The fourth-order valence-electron chi connectivity index (χ4n) is 1.13. The van der Waals surface area contributed by atoms with Crippen LogP contribution in [0.4, 0.5) is 0 Å². The van der Waals surface area contributed by atoms with Gasteiger partial charge < -0.3 is 10.1 Å².